The largest absolute Gasteiger partial charge is 0.493 e. The standard InChI is InChI=1S/C20H23N5O/c1-23(2)16-8-6-15(7-9-16)13-24-12-10-18-17(14-24)20(26)25(22-18)19-5-3-4-11-21-19/h3-9,11,26H,10,12-14H2,1-2H3. The van der Waals surface area contributed by atoms with E-state index in [4.69, 9.17) is 0 Å². The molecule has 6 nitrogen and oxygen atoms in total. The van der Waals surface area contributed by atoms with Crippen LogP contribution in [0.15, 0.2) is 48.7 Å². The maximum atomic E-state index is 10.6. The van der Waals surface area contributed by atoms with E-state index in [1.807, 2.05) is 32.3 Å². The number of nitrogens with zero attached hydrogens (tertiary/aromatic N) is 5. The van der Waals surface area contributed by atoms with Crippen LogP contribution in [0, 0.1) is 0 Å². The second-order valence-electron chi connectivity index (χ2n) is 6.87. The van der Waals surface area contributed by atoms with E-state index in [1.165, 1.54) is 11.3 Å². The van der Waals surface area contributed by atoms with Crippen LogP contribution in [-0.2, 0) is 19.5 Å². The second kappa shape index (κ2) is 6.80. The van der Waals surface area contributed by atoms with Crippen LogP contribution in [0.2, 0.25) is 0 Å². The van der Waals surface area contributed by atoms with E-state index >= 15 is 0 Å². The van der Waals surface area contributed by atoms with Gasteiger partial charge in [-0.15, -0.1) is 0 Å². The van der Waals surface area contributed by atoms with Crippen LogP contribution in [0.25, 0.3) is 5.82 Å². The number of benzene rings is 1. The van der Waals surface area contributed by atoms with Crippen molar-refractivity contribution in [3.63, 3.8) is 0 Å². The van der Waals surface area contributed by atoms with Crippen LogP contribution < -0.4 is 4.90 Å². The number of rotatable bonds is 4. The highest BCUT2D eigenvalue weighted by molar-refractivity contribution is 5.46. The molecule has 0 bridgehead atoms. The van der Waals surface area contributed by atoms with Crippen LogP contribution in [0.1, 0.15) is 16.8 Å². The Balaban J connectivity index is 1.52. The molecule has 3 heterocycles. The van der Waals surface area contributed by atoms with Crippen molar-refractivity contribution in [1.29, 1.82) is 0 Å². The molecular formula is C20H23N5O. The van der Waals surface area contributed by atoms with E-state index in [0.717, 1.165) is 30.8 Å². The van der Waals surface area contributed by atoms with Gasteiger partial charge in [-0.25, -0.2) is 4.98 Å². The Hall–Kier alpha value is -2.86. The lowest BCUT2D eigenvalue weighted by atomic mass is 10.1. The second-order valence-corrected chi connectivity index (χ2v) is 6.87. The lowest BCUT2D eigenvalue weighted by Gasteiger charge is -2.26. The minimum atomic E-state index is 0.200. The molecule has 1 N–H and O–H groups in total. The van der Waals surface area contributed by atoms with Gasteiger partial charge in [0.1, 0.15) is 0 Å². The third-order valence-electron chi connectivity index (χ3n) is 4.81. The molecule has 0 aliphatic carbocycles. The Kier molecular flexibility index (Phi) is 4.34. The van der Waals surface area contributed by atoms with Crippen LogP contribution >= 0.6 is 0 Å². The molecule has 0 spiro atoms. The first-order valence-corrected chi connectivity index (χ1v) is 8.81. The number of hydrogen-bond acceptors (Lipinski definition) is 5. The molecule has 0 fully saturated rings. The van der Waals surface area contributed by atoms with Gasteiger partial charge in [0.05, 0.1) is 11.3 Å². The van der Waals surface area contributed by atoms with Crippen LogP contribution in [0.3, 0.4) is 0 Å². The average molecular weight is 349 g/mol. The molecule has 134 valence electrons. The molecule has 2 aromatic heterocycles. The highest BCUT2D eigenvalue weighted by atomic mass is 16.3. The molecule has 6 heteroatoms. The summed E-state index contributed by atoms with van der Waals surface area (Å²) in [6.45, 7) is 2.49. The zero-order valence-electron chi connectivity index (χ0n) is 15.1. The molecule has 1 aromatic carbocycles. The predicted molar refractivity (Wildman–Crippen MR) is 102 cm³/mol. The topological polar surface area (TPSA) is 57.4 Å². The number of aromatic hydroxyl groups is 1. The minimum Gasteiger partial charge on any atom is -0.493 e. The maximum absolute atomic E-state index is 10.6. The number of aromatic nitrogens is 3. The van der Waals surface area contributed by atoms with Gasteiger partial charge >= 0.3 is 0 Å². The van der Waals surface area contributed by atoms with Crippen LogP contribution in [0.4, 0.5) is 5.69 Å². The molecule has 4 rings (SSSR count). The third-order valence-corrected chi connectivity index (χ3v) is 4.81. The number of anilines is 1. The minimum absolute atomic E-state index is 0.200. The number of hydrogen-bond donors (Lipinski definition) is 1. The Morgan fingerprint density at radius 3 is 2.62 bits per heavy atom. The zero-order valence-corrected chi connectivity index (χ0v) is 15.1. The SMILES string of the molecule is CN(C)c1ccc(CN2CCc3nn(-c4ccccn4)c(O)c3C2)cc1. The first-order valence-electron chi connectivity index (χ1n) is 8.81. The van der Waals surface area contributed by atoms with E-state index in [2.05, 4.69) is 44.1 Å². The maximum Gasteiger partial charge on any atom is 0.220 e. The summed E-state index contributed by atoms with van der Waals surface area (Å²) in [5, 5.41) is 15.2. The fraction of sp³-hybridized carbons (Fsp3) is 0.300. The summed E-state index contributed by atoms with van der Waals surface area (Å²) in [6.07, 6.45) is 2.54. The Bertz CT molecular complexity index is 887. The zero-order chi connectivity index (χ0) is 18.1. The average Bonchev–Trinajstić information content (AvgIpc) is 2.99. The Morgan fingerprint density at radius 2 is 1.92 bits per heavy atom. The summed E-state index contributed by atoms with van der Waals surface area (Å²) < 4.78 is 1.54. The van der Waals surface area contributed by atoms with Gasteiger partial charge in [0.15, 0.2) is 5.82 Å². The van der Waals surface area contributed by atoms with Crippen LogP contribution in [0.5, 0.6) is 5.88 Å². The van der Waals surface area contributed by atoms with Gasteiger partial charge in [0, 0.05) is 52.0 Å². The van der Waals surface area contributed by atoms with Crippen molar-refractivity contribution in [2.24, 2.45) is 0 Å². The molecule has 1 aliphatic rings. The summed E-state index contributed by atoms with van der Waals surface area (Å²) in [5.74, 6) is 0.844. The monoisotopic (exact) mass is 349 g/mol. The Morgan fingerprint density at radius 1 is 1.12 bits per heavy atom. The highest BCUT2D eigenvalue weighted by Crippen LogP contribution is 2.29. The summed E-state index contributed by atoms with van der Waals surface area (Å²) >= 11 is 0. The molecule has 0 saturated heterocycles. The van der Waals surface area contributed by atoms with Crippen molar-refractivity contribution in [3.05, 3.63) is 65.5 Å². The lowest BCUT2D eigenvalue weighted by molar-refractivity contribution is 0.241. The van der Waals surface area contributed by atoms with E-state index in [1.54, 1.807) is 10.9 Å². The highest BCUT2D eigenvalue weighted by Gasteiger charge is 2.25. The van der Waals surface area contributed by atoms with Gasteiger partial charge in [-0.3, -0.25) is 4.90 Å². The van der Waals surface area contributed by atoms with Crippen molar-refractivity contribution < 1.29 is 5.11 Å². The predicted octanol–water partition coefficient (Wildman–Crippen LogP) is 2.60. The molecule has 1 aliphatic heterocycles. The van der Waals surface area contributed by atoms with E-state index in [9.17, 15) is 5.11 Å². The molecule has 3 aromatic rings. The van der Waals surface area contributed by atoms with Crippen molar-refractivity contribution in [1.82, 2.24) is 19.7 Å². The first-order chi connectivity index (χ1) is 12.6. The normalized spacial score (nSPS) is 14.2. The summed E-state index contributed by atoms with van der Waals surface area (Å²) in [6, 6.07) is 14.2. The summed E-state index contributed by atoms with van der Waals surface area (Å²) in [5.41, 5.74) is 4.35. The van der Waals surface area contributed by atoms with Crippen molar-refractivity contribution in [3.8, 4) is 11.7 Å². The van der Waals surface area contributed by atoms with Gasteiger partial charge < -0.3 is 10.0 Å². The molecule has 0 amide bonds. The van der Waals surface area contributed by atoms with Crippen molar-refractivity contribution in [2.45, 2.75) is 19.5 Å². The first kappa shape index (κ1) is 16.6. The molecule has 26 heavy (non-hydrogen) atoms. The summed E-state index contributed by atoms with van der Waals surface area (Å²) in [4.78, 5) is 8.73. The van der Waals surface area contributed by atoms with Crippen molar-refractivity contribution >= 4 is 5.69 Å². The van der Waals surface area contributed by atoms with E-state index in [-0.39, 0.29) is 5.88 Å². The fourth-order valence-electron chi connectivity index (χ4n) is 3.35. The number of fused-ring (bicyclic) bond motifs is 1. The third kappa shape index (κ3) is 3.15. The van der Waals surface area contributed by atoms with Gasteiger partial charge in [0.25, 0.3) is 0 Å². The molecule has 0 atom stereocenters. The van der Waals surface area contributed by atoms with Gasteiger partial charge in [0.2, 0.25) is 5.88 Å². The Labute approximate surface area is 153 Å². The van der Waals surface area contributed by atoms with Gasteiger partial charge in [-0.2, -0.15) is 9.78 Å². The van der Waals surface area contributed by atoms with E-state index < -0.39 is 0 Å². The molecular weight excluding hydrogens is 326 g/mol. The van der Waals surface area contributed by atoms with Crippen molar-refractivity contribution in [2.75, 3.05) is 25.5 Å². The van der Waals surface area contributed by atoms with Crippen LogP contribution in [-0.4, -0.2) is 45.4 Å². The molecule has 0 unspecified atom stereocenters. The number of pyridine rings is 1. The quantitative estimate of drug-likeness (QED) is 0.785. The van der Waals surface area contributed by atoms with Gasteiger partial charge in [-0.1, -0.05) is 18.2 Å². The lowest BCUT2D eigenvalue weighted by Crippen LogP contribution is -2.29. The molecule has 0 radical (unpaired) electrons. The van der Waals surface area contributed by atoms with E-state index in [0.29, 0.717) is 12.4 Å². The molecule has 0 saturated carbocycles. The fourth-order valence-corrected chi connectivity index (χ4v) is 3.35. The van der Waals surface area contributed by atoms with Gasteiger partial charge in [-0.05, 0) is 29.8 Å². The summed E-state index contributed by atoms with van der Waals surface area (Å²) in [7, 11) is 4.09. The smallest absolute Gasteiger partial charge is 0.220 e.